The molecule has 0 saturated heterocycles. The molecule has 0 atom stereocenters. The van der Waals surface area contributed by atoms with E-state index in [2.05, 4.69) is 56.4 Å². The molecule has 0 aliphatic heterocycles. The molecule has 0 aromatic heterocycles. The van der Waals surface area contributed by atoms with Crippen LogP contribution in [0.2, 0.25) is 0 Å². The average molecular weight is 445 g/mol. The molecule has 0 saturated carbocycles. The van der Waals surface area contributed by atoms with E-state index in [9.17, 15) is 0 Å². The Morgan fingerprint density at radius 2 is 0.452 bits per heavy atom. The van der Waals surface area contributed by atoms with Crippen LogP contribution in [-0.2, 0) is 0 Å². The van der Waals surface area contributed by atoms with E-state index < -0.39 is 0 Å². The zero-order valence-corrected chi connectivity index (χ0v) is 20.8. The van der Waals surface area contributed by atoms with Crippen molar-refractivity contribution >= 4 is 0 Å². The van der Waals surface area contributed by atoms with Gasteiger partial charge in [-0.2, -0.15) is 0 Å². The van der Waals surface area contributed by atoms with Crippen molar-refractivity contribution in [3.8, 4) is 0 Å². The summed E-state index contributed by atoms with van der Waals surface area (Å²) in [6.45, 7) is 21.7. The van der Waals surface area contributed by atoms with Crippen molar-refractivity contribution in [2.24, 2.45) is 0 Å². The zero-order chi connectivity index (χ0) is 22.5. The predicted molar refractivity (Wildman–Crippen MR) is 137 cm³/mol. The second-order valence-electron chi connectivity index (χ2n) is 8.06. The largest absolute Gasteiger partial charge is 0.315 e. The van der Waals surface area contributed by atoms with Gasteiger partial charge in [0.15, 0.2) is 0 Å². The van der Waals surface area contributed by atoms with E-state index in [4.69, 9.17) is 0 Å². The van der Waals surface area contributed by atoms with Crippen LogP contribution in [0.5, 0.6) is 0 Å². The third kappa shape index (κ3) is 29.7. The van der Waals surface area contributed by atoms with Gasteiger partial charge >= 0.3 is 0 Å². The molecule has 8 N–H and O–H groups in total. The minimum absolute atomic E-state index is 1.05. The summed E-state index contributed by atoms with van der Waals surface area (Å²) >= 11 is 0. The lowest BCUT2D eigenvalue weighted by atomic mass is 10.4. The fourth-order valence-electron chi connectivity index (χ4n) is 3.08. The molecule has 0 aromatic carbocycles. The number of nitrogens with one attached hydrogen (secondary N) is 8. The second kappa shape index (κ2) is 29.7. The van der Waals surface area contributed by atoms with E-state index in [-0.39, 0.29) is 0 Å². The van der Waals surface area contributed by atoms with Crippen molar-refractivity contribution in [2.45, 2.75) is 46.0 Å². The molecule has 0 amide bonds. The Labute approximate surface area is 193 Å². The van der Waals surface area contributed by atoms with Gasteiger partial charge in [0.25, 0.3) is 0 Å². The minimum atomic E-state index is 1.05. The molecule has 0 unspecified atom stereocenters. The first-order valence-corrected chi connectivity index (χ1v) is 13.1. The molecule has 188 valence electrons. The van der Waals surface area contributed by atoms with E-state index in [1.807, 2.05) is 0 Å². The fourth-order valence-corrected chi connectivity index (χ4v) is 3.08. The van der Waals surface area contributed by atoms with Crippen molar-refractivity contribution in [1.29, 1.82) is 0 Å². The smallest absolute Gasteiger partial charge is 0.00767 e. The number of rotatable bonds is 28. The standard InChI is InChI=1S/C23H56N8/c1-3-8-24-16-18-26-10-5-12-28-20-22-30-14-7-15-31-23-21-29-13-6-11-27-19-17-25-9-4-2/h24-31H,3-23H2,1-2H3. The molecule has 8 nitrogen and oxygen atoms in total. The van der Waals surface area contributed by atoms with Crippen LogP contribution in [0.3, 0.4) is 0 Å². The van der Waals surface area contributed by atoms with Gasteiger partial charge < -0.3 is 42.5 Å². The average Bonchev–Trinajstić information content (AvgIpc) is 2.78. The highest BCUT2D eigenvalue weighted by atomic mass is 15.0. The number of hydrogen-bond donors (Lipinski definition) is 8. The third-order valence-electron chi connectivity index (χ3n) is 4.89. The molecule has 0 aliphatic rings. The van der Waals surface area contributed by atoms with Crippen LogP contribution >= 0.6 is 0 Å². The zero-order valence-electron chi connectivity index (χ0n) is 20.8. The molecule has 0 radical (unpaired) electrons. The molecule has 0 bridgehead atoms. The van der Waals surface area contributed by atoms with Gasteiger partial charge in [0.05, 0.1) is 0 Å². The Balaban J connectivity index is 2.98. The molecule has 31 heavy (non-hydrogen) atoms. The fraction of sp³-hybridized carbons (Fsp3) is 1.00. The molecular weight excluding hydrogens is 388 g/mol. The van der Waals surface area contributed by atoms with Crippen LogP contribution in [0.25, 0.3) is 0 Å². The normalized spacial score (nSPS) is 11.4. The first kappa shape index (κ1) is 30.7. The van der Waals surface area contributed by atoms with Crippen LogP contribution in [0.4, 0.5) is 0 Å². The third-order valence-corrected chi connectivity index (χ3v) is 4.89. The monoisotopic (exact) mass is 444 g/mol. The van der Waals surface area contributed by atoms with Gasteiger partial charge in [0, 0.05) is 52.4 Å². The quantitative estimate of drug-likeness (QED) is 0.0779. The van der Waals surface area contributed by atoms with Gasteiger partial charge in [-0.05, 0) is 84.5 Å². The van der Waals surface area contributed by atoms with E-state index in [1.165, 1.54) is 32.1 Å². The summed E-state index contributed by atoms with van der Waals surface area (Å²) in [4.78, 5) is 0. The summed E-state index contributed by atoms with van der Waals surface area (Å²) in [7, 11) is 0. The first-order chi connectivity index (χ1) is 15.4. The highest BCUT2D eigenvalue weighted by Crippen LogP contribution is 1.77. The topological polar surface area (TPSA) is 96.2 Å². The molecule has 0 fully saturated rings. The van der Waals surface area contributed by atoms with Gasteiger partial charge in [-0.3, -0.25) is 0 Å². The molecule has 0 aliphatic carbocycles. The van der Waals surface area contributed by atoms with Gasteiger partial charge in [0.2, 0.25) is 0 Å². The summed E-state index contributed by atoms with van der Waals surface area (Å²) < 4.78 is 0. The highest BCUT2D eigenvalue weighted by Gasteiger charge is 1.93. The lowest BCUT2D eigenvalue weighted by Gasteiger charge is -2.09. The van der Waals surface area contributed by atoms with Crippen molar-refractivity contribution < 1.29 is 0 Å². The lowest BCUT2D eigenvalue weighted by molar-refractivity contribution is 0.540. The maximum atomic E-state index is 3.51. The van der Waals surface area contributed by atoms with Crippen LogP contribution in [0.1, 0.15) is 46.0 Å². The van der Waals surface area contributed by atoms with Crippen molar-refractivity contribution in [1.82, 2.24) is 42.5 Å². The minimum Gasteiger partial charge on any atom is -0.315 e. The lowest BCUT2D eigenvalue weighted by Crippen LogP contribution is -2.33. The van der Waals surface area contributed by atoms with E-state index in [1.54, 1.807) is 0 Å². The summed E-state index contributed by atoms with van der Waals surface area (Å²) in [5.41, 5.74) is 0. The molecule has 0 rings (SSSR count). The molecule has 0 aromatic rings. The molecule has 0 spiro atoms. The van der Waals surface area contributed by atoms with Crippen LogP contribution in [0, 0.1) is 0 Å². The Kier molecular flexibility index (Phi) is 29.4. The SMILES string of the molecule is CCCNCCNCCCNCCNCCCNCCNCCCNCCNCCC. The Bertz CT molecular complexity index is 279. The van der Waals surface area contributed by atoms with Crippen LogP contribution in [0.15, 0.2) is 0 Å². The summed E-state index contributed by atoms with van der Waals surface area (Å²) in [6, 6.07) is 0. The van der Waals surface area contributed by atoms with Crippen molar-refractivity contribution in [3.63, 3.8) is 0 Å². The van der Waals surface area contributed by atoms with Crippen LogP contribution in [-0.4, -0.2) is 105 Å². The van der Waals surface area contributed by atoms with E-state index in [0.29, 0.717) is 0 Å². The van der Waals surface area contributed by atoms with Gasteiger partial charge in [-0.1, -0.05) is 13.8 Å². The molecule has 0 heterocycles. The Morgan fingerprint density at radius 3 is 0.645 bits per heavy atom. The van der Waals surface area contributed by atoms with Gasteiger partial charge in [0.1, 0.15) is 0 Å². The Hall–Kier alpha value is -0.320. The summed E-state index contributed by atoms with van der Waals surface area (Å²) in [6.07, 6.45) is 5.99. The predicted octanol–water partition coefficient (Wildman–Crippen LogP) is -0.306. The van der Waals surface area contributed by atoms with Gasteiger partial charge in [-0.15, -0.1) is 0 Å². The van der Waals surface area contributed by atoms with Gasteiger partial charge in [-0.25, -0.2) is 0 Å². The first-order valence-electron chi connectivity index (χ1n) is 13.1. The summed E-state index contributed by atoms with van der Waals surface area (Å²) in [5, 5.41) is 27.8. The van der Waals surface area contributed by atoms with E-state index >= 15 is 0 Å². The summed E-state index contributed by atoms with van der Waals surface area (Å²) in [5.74, 6) is 0. The maximum absolute atomic E-state index is 3.51. The molecular formula is C23H56N8. The van der Waals surface area contributed by atoms with Crippen molar-refractivity contribution in [2.75, 3.05) is 105 Å². The van der Waals surface area contributed by atoms with Crippen LogP contribution < -0.4 is 42.5 Å². The van der Waals surface area contributed by atoms with E-state index in [0.717, 1.165) is 105 Å². The number of hydrogen-bond acceptors (Lipinski definition) is 8. The second-order valence-corrected chi connectivity index (χ2v) is 8.06. The Morgan fingerprint density at radius 1 is 0.258 bits per heavy atom. The molecule has 8 heteroatoms. The highest BCUT2D eigenvalue weighted by molar-refractivity contribution is 4.58. The maximum Gasteiger partial charge on any atom is 0.00767 e. The van der Waals surface area contributed by atoms with Crippen molar-refractivity contribution in [3.05, 3.63) is 0 Å².